The lowest BCUT2D eigenvalue weighted by molar-refractivity contribution is -0.118. The summed E-state index contributed by atoms with van der Waals surface area (Å²) >= 11 is 0.822. The molecule has 0 radical (unpaired) electrons. The maximum atomic E-state index is 12.9. The molecule has 2 heterocycles. The van der Waals surface area contributed by atoms with Crippen LogP contribution in [0.1, 0.15) is 51.3 Å². The SMILES string of the molecule is Cc1ccc2c(c1)OC(C)(C)C[C@H]2NS(=O)(=O)c1nnc(NC(=O)C(C)C)s1. The molecule has 1 aromatic heterocycles. The van der Waals surface area contributed by atoms with Crippen molar-refractivity contribution in [2.24, 2.45) is 5.92 Å². The summed E-state index contributed by atoms with van der Waals surface area (Å²) < 4.78 is 34.3. The van der Waals surface area contributed by atoms with Gasteiger partial charge in [0.25, 0.3) is 10.0 Å². The van der Waals surface area contributed by atoms with E-state index in [4.69, 9.17) is 4.74 Å². The van der Waals surface area contributed by atoms with Crippen molar-refractivity contribution in [1.29, 1.82) is 0 Å². The molecule has 1 amide bonds. The minimum atomic E-state index is -3.91. The van der Waals surface area contributed by atoms with Gasteiger partial charge in [-0.2, -0.15) is 0 Å². The van der Waals surface area contributed by atoms with Crippen LogP contribution in [0.15, 0.2) is 22.5 Å². The minimum Gasteiger partial charge on any atom is -0.487 e. The second-order valence-electron chi connectivity index (χ2n) is 7.80. The molecule has 1 aliphatic heterocycles. The molecule has 1 atom stereocenters. The van der Waals surface area contributed by atoms with E-state index in [-0.39, 0.29) is 21.3 Å². The van der Waals surface area contributed by atoms with Gasteiger partial charge in [-0.25, -0.2) is 13.1 Å². The molecular weight excluding hydrogens is 400 g/mol. The average molecular weight is 425 g/mol. The molecule has 8 nitrogen and oxygen atoms in total. The Balaban J connectivity index is 1.85. The second kappa shape index (κ2) is 7.41. The largest absolute Gasteiger partial charge is 0.487 e. The molecule has 0 aliphatic carbocycles. The summed E-state index contributed by atoms with van der Waals surface area (Å²) in [5.41, 5.74) is 1.30. The van der Waals surface area contributed by atoms with Gasteiger partial charge in [0.05, 0.1) is 6.04 Å². The number of hydrogen-bond donors (Lipinski definition) is 2. The molecule has 0 spiro atoms. The second-order valence-corrected chi connectivity index (χ2v) is 10.7. The van der Waals surface area contributed by atoms with Crippen molar-refractivity contribution >= 4 is 32.4 Å². The van der Waals surface area contributed by atoms with Gasteiger partial charge in [-0.1, -0.05) is 37.3 Å². The van der Waals surface area contributed by atoms with Gasteiger partial charge in [0.2, 0.25) is 15.4 Å². The molecule has 0 fully saturated rings. The fourth-order valence-corrected chi connectivity index (χ4v) is 5.05. The Morgan fingerprint density at radius 3 is 2.71 bits per heavy atom. The third kappa shape index (κ3) is 4.50. The van der Waals surface area contributed by atoms with Crippen LogP contribution in [0.3, 0.4) is 0 Å². The first-order valence-electron chi connectivity index (χ1n) is 8.93. The molecule has 0 saturated heterocycles. The molecule has 0 saturated carbocycles. The molecule has 1 aromatic carbocycles. The molecule has 2 N–H and O–H groups in total. The van der Waals surface area contributed by atoms with Crippen molar-refractivity contribution < 1.29 is 17.9 Å². The number of amides is 1. The number of anilines is 1. The van der Waals surface area contributed by atoms with Gasteiger partial charge in [0.1, 0.15) is 11.4 Å². The van der Waals surface area contributed by atoms with Crippen LogP contribution in [0.5, 0.6) is 5.75 Å². The van der Waals surface area contributed by atoms with Crippen LogP contribution < -0.4 is 14.8 Å². The molecular formula is C18H24N4O4S2. The van der Waals surface area contributed by atoms with Gasteiger partial charge in [0, 0.05) is 17.9 Å². The Hall–Kier alpha value is -2.04. The highest BCUT2D eigenvalue weighted by Gasteiger charge is 2.37. The summed E-state index contributed by atoms with van der Waals surface area (Å²) in [7, 11) is -3.91. The van der Waals surface area contributed by atoms with E-state index < -0.39 is 21.7 Å². The summed E-state index contributed by atoms with van der Waals surface area (Å²) in [6.07, 6.45) is 0.470. The number of benzene rings is 1. The number of aryl methyl sites for hydroxylation is 1. The van der Waals surface area contributed by atoms with E-state index in [1.165, 1.54) is 0 Å². The minimum absolute atomic E-state index is 0.155. The summed E-state index contributed by atoms with van der Waals surface area (Å²) in [6.45, 7) is 9.27. The first-order valence-corrected chi connectivity index (χ1v) is 11.2. The van der Waals surface area contributed by atoms with Crippen molar-refractivity contribution in [2.45, 2.75) is 57.0 Å². The normalized spacial score (nSPS) is 18.4. The predicted molar refractivity (Wildman–Crippen MR) is 107 cm³/mol. The Labute approximate surface area is 168 Å². The standard InChI is InChI=1S/C18H24N4O4S2/c1-10(2)15(23)19-16-20-21-17(27-16)28(24,25)22-13-9-18(4,5)26-14-8-11(3)6-7-12(13)14/h6-8,10,13,22H,9H2,1-5H3,(H,19,20,23)/t13-/m1/s1. The van der Waals surface area contributed by atoms with Crippen LogP contribution in [0.4, 0.5) is 5.13 Å². The predicted octanol–water partition coefficient (Wildman–Crippen LogP) is 3.02. The lowest BCUT2D eigenvalue weighted by Gasteiger charge is -2.37. The van der Waals surface area contributed by atoms with Crippen molar-refractivity contribution in [3.05, 3.63) is 29.3 Å². The van der Waals surface area contributed by atoms with Gasteiger partial charge in [-0.3, -0.25) is 4.79 Å². The number of sulfonamides is 1. The molecule has 0 bridgehead atoms. The fraction of sp³-hybridized carbons (Fsp3) is 0.500. The topological polar surface area (TPSA) is 110 Å². The Morgan fingerprint density at radius 1 is 1.32 bits per heavy atom. The smallest absolute Gasteiger partial charge is 0.270 e. The van der Waals surface area contributed by atoms with Crippen molar-refractivity contribution in [2.75, 3.05) is 5.32 Å². The lowest BCUT2D eigenvalue weighted by atomic mass is 9.90. The zero-order valence-electron chi connectivity index (χ0n) is 16.4. The van der Waals surface area contributed by atoms with E-state index in [2.05, 4.69) is 20.2 Å². The molecule has 0 unspecified atom stereocenters. The molecule has 152 valence electrons. The number of carbonyl (C=O) groups excluding carboxylic acids is 1. The Bertz CT molecular complexity index is 999. The highest BCUT2D eigenvalue weighted by molar-refractivity contribution is 7.91. The molecule has 2 aromatic rings. The number of nitrogens with zero attached hydrogens (tertiary/aromatic N) is 2. The van der Waals surface area contributed by atoms with Gasteiger partial charge in [-0.15, -0.1) is 10.2 Å². The van der Waals surface area contributed by atoms with E-state index >= 15 is 0 Å². The average Bonchev–Trinajstić information content (AvgIpc) is 3.02. The van der Waals surface area contributed by atoms with Gasteiger partial charge >= 0.3 is 0 Å². The highest BCUT2D eigenvalue weighted by atomic mass is 32.2. The fourth-order valence-electron chi connectivity index (χ4n) is 2.92. The summed E-state index contributed by atoms with van der Waals surface area (Å²) in [6, 6.07) is 5.25. The summed E-state index contributed by atoms with van der Waals surface area (Å²) in [5.74, 6) is 0.182. The third-order valence-corrected chi connectivity index (χ3v) is 6.99. The van der Waals surface area contributed by atoms with Crippen LogP contribution in [0.25, 0.3) is 0 Å². The van der Waals surface area contributed by atoms with Crippen LogP contribution >= 0.6 is 11.3 Å². The van der Waals surface area contributed by atoms with E-state index in [1.54, 1.807) is 13.8 Å². The number of hydrogen-bond acceptors (Lipinski definition) is 7. The monoisotopic (exact) mass is 424 g/mol. The Kier molecular flexibility index (Phi) is 5.48. The molecule has 28 heavy (non-hydrogen) atoms. The van der Waals surface area contributed by atoms with Crippen LogP contribution in [-0.4, -0.2) is 30.1 Å². The first kappa shape index (κ1) is 20.7. The Morgan fingerprint density at radius 2 is 2.04 bits per heavy atom. The maximum absolute atomic E-state index is 12.9. The van der Waals surface area contributed by atoms with Gasteiger partial charge < -0.3 is 10.1 Å². The zero-order valence-corrected chi connectivity index (χ0v) is 18.1. The van der Waals surface area contributed by atoms with E-state index in [0.717, 1.165) is 22.5 Å². The molecule has 3 rings (SSSR count). The van der Waals surface area contributed by atoms with E-state index in [0.29, 0.717) is 12.2 Å². The first-order chi connectivity index (χ1) is 13.0. The number of rotatable bonds is 5. The van der Waals surface area contributed by atoms with Crippen LogP contribution in [-0.2, 0) is 14.8 Å². The number of fused-ring (bicyclic) bond motifs is 1. The number of nitrogens with one attached hydrogen (secondary N) is 2. The number of ether oxygens (including phenoxy) is 1. The van der Waals surface area contributed by atoms with E-state index in [1.807, 2.05) is 39.0 Å². The van der Waals surface area contributed by atoms with Crippen molar-refractivity contribution in [3.63, 3.8) is 0 Å². The molecule has 1 aliphatic rings. The van der Waals surface area contributed by atoms with E-state index in [9.17, 15) is 13.2 Å². The quantitative estimate of drug-likeness (QED) is 0.714. The molecule has 10 heteroatoms. The number of aromatic nitrogens is 2. The number of carbonyl (C=O) groups is 1. The maximum Gasteiger partial charge on any atom is 0.270 e. The lowest BCUT2D eigenvalue weighted by Crippen LogP contribution is -2.41. The van der Waals surface area contributed by atoms with Gasteiger partial charge in [-0.05, 0) is 32.4 Å². The zero-order chi connectivity index (χ0) is 20.7. The van der Waals surface area contributed by atoms with Crippen LogP contribution in [0.2, 0.25) is 0 Å². The van der Waals surface area contributed by atoms with Crippen LogP contribution in [0, 0.1) is 12.8 Å². The summed E-state index contributed by atoms with van der Waals surface area (Å²) in [5, 5.41) is 10.2. The van der Waals surface area contributed by atoms with Crippen molar-refractivity contribution in [1.82, 2.24) is 14.9 Å². The highest BCUT2D eigenvalue weighted by Crippen LogP contribution is 2.40. The van der Waals surface area contributed by atoms with Gasteiger partial charge in [0.15, 0.2) is 0 Å². The third-order valence-electron chi connectivity index (χ3n) is 4.31. The summed E-state index contributed by atoms with van der Waals surface area (Å²) in [4.78, 5) is 11.8. The van der Waals surface area contributed by atoms with Crippen molar-refractivity contribution in [3.8, 4) is 5.75 Å².